The number of rotatable bonds is 4. The average Bonchev–Trinajstić information content (AvgIpc) is 3.24. The van der Waals surface area contributed by atoms with Crippen LogP contribution in [0.3, 0.4) is 0 Å². The largest absolute Gasteiger partial charge is 0.339 e. The molecular formula is C16H18ClN3O3S. The van der Waals surface area contributed by atoms with Crippen LogP contribution in [-0.2, 0) is 16.3 Å². The van der Waals surface area contributed by atoms with Gasteiger partial charge in [-0.05, 0) is 36.6 Å². The molecular weight excluding hydrogens is 350 g/mol. The molecule has 1 aromatic carbocycles. The third-order valence-electron chi connectivity index (χ3n) is 4.90. The Kier molecular flexibility index (Phi) is 4.10. The van der Waals surface area contributed by atoms with E-state index in [4.69, 9.17) is 16.1 Å². The van der Waals surface area contributed by atoms with Crippen molar-refractivity contribution in [2.24, 2.45) is 5.92 Å². The summed E-state index contributed by atoms with van der Waals surface area (Å²) in [5.41, 5.74) is 0.858. The molecule has 0 unspecified atom stereocenters. The Morgan fingerprint density at radius 3 is 2.79 bits per heavy atom. The highest BCUT2D eigenvalue weighted by Gasteiger charge is 2.45. The van der Waals surface area contributed by atoms with Gasteiger partial charge in [0.25, 0.3) is 0 Å². The van der Waals surface area contributed by atoms with Crippen molar-refractivity contribution < 1.29 is 12.9 Å². The summed E-state index contributed by atoms with van der Waals surface area (Å²) in [6, 6.07) is 7.28. The molecule has 2 aliphatic rings. The third kappa shape index (κ3) is 3.08. The minimum atomic E-state index is -2.88. The highest BCUT2D eigenvalue weighted by Crippen LogP contribution is 2.33. The van der Waals surface area contributed by atoms with Crippen LogP contribution in [0.1, 0.15) is 12.3 Å². The lowest BCUT2D eigenvalue weighted by Gasteiger charge is -2.14. The maximum atomic E-state index is 12.0. The lowest BCUT2D eigenvalue weighted by Crippen LogP contribution is -2.28. The van der Waals surface area contributed by atoms with Crippen LogP contribution in [0.15, 0.2) is 28.8 Å². The Bertz CT molecular complexity index is 835. The number of sulfone groups is 1. The molecule has 0 amide bonds. The van der Waals surface area contributed by atoms with E-state index in [0.29, 0.717) is 41.4 Å². The van der Waals surface area contributed by atoms with Crippen molar-refractivity contribution in [3.05, 3.63) is 35.2 Å². The molecule has 0 N–H and O–H groups in total. The molecule has 2 saturated heterocycles. The van der Waals surface area contributed by atoms with Gasteiger partial charge in [-0.2, -0.15) is 4.98 Å². The Morgan fingerprint density at radius 1 is 1.25 bits per heavy atom. The van der Waals surface area contributed by atoms with Gasteiger partial charge < -0.3 is 9.42 Å². The highest BCUT2D eigenvalue weighted by atomic mass is 35.5. The molecule has 0 aliphatic carbocycles. The SMILES string of the molecule is O=S1(=O)CC[C@H]2CN(CCc3nc(-c4ccc(Cl)cc4)no3)C[C@H]21. The van der Waals surface area contributed by atoms with Crippen LogP contribution in [0.5, 0.6) is 0 Å². The maximum Gasteiger partial charge on any atom is 0.228 e. The Morgan fingerprint density at radius 2 is 2.04 bits per heavy atom. The second-order valence-electron chi connectivity index (χ2n) is 6.48. The zero-order valence-corrected chi connectivity index (χ0v) is 14.6. The Hall–Kier alpha value is -1.44. The Labute approximate surface area is 145 Å². The van der Waals surface area contributed by atoms with Crippen LogP contribution in [0.4, 0.5) is 0 Å². The second kappa shape index (κ2) is 6.13. The number of hydrogen-bond donors (Lipinski definition) is 0. The smallest absolute Gasteiger partial charge is 0.228 e. The molecule has 2 aromatic rings. The molecule has 2 atom stereocenters. The van der Waals surface area contributed by atoms with E-state index in [1.807, 2.05) is 12.1 Å². The standard InChI is InChI=1S/C16H18ClN3O3S/c17-13-3-1-11(2-4-13)16-18-15(23-19-16)5-7-20-9-12-6-8-24(21,22)14(12)10-20/h1-4,12,14H,5-10H2/t12-,14+/m0/s1. The molecule has 2 fully saturated rings. The first-order valence-electron chi connectivity index (χ1n) is 8.04. The molecule has 128 valence electrons. The fourth-order valence-electron chi connectivity index (χ4n) is 3.59. The fourth-order valence-corrected chi connectivity index (χ4v) is 5.89. The van der Waals surface area contributed by atoms with Crippen molar-refractivity contribution in [1.29, 1.82) is 0 Å². The molecule has 0 spiro atoms. The molecule has 0 radical (unpaired) electrons. The maximum absolute atomic E-state index is 12.0. The van der Waals surface area contributed by atoms with Gasteiger partial charge in [0.05, 0.1) is 11.0 Å². The van der Waals surface area contributed by atoms with E-state index in [0.717, 1.165) is 25.1 Å². The summed E-state index contributed by atoms with van der Waals surface area (Å²) in [5, 5.41) is 4.49. The van der Waals surface area contributed by atoms with Gasteiger partial charge in [0.1, 0.15) is 0 Å². The number of aromatic nitrogens is 2. The molecule has 6 nitrogen and oxygen atoms in total. The van der Waals surface area contributed by atoms with Crippen molar-refractivity contribution in [1.82, 2.24) is 15.0 Å². The van der Waals surface area contributed by atoms with Crippen molar-refractivity contribution >= 4 is 21.4 Å². The van der Waals surface area contributed by atoms with Gasteiger partial charge in [0, 0.05) is 36.6 Å². The van der Waals surface area contributed by atoms with E-state index in [1.54, 1.807) is 12.1 Å². The van der Waals surface area contributed by atoms with Gasteiger partial charge in [-0.1, -0.05) is 16.8 Å². The minimum Gasteiger partial charge on any atom is -0.339 e. The van der Waals surface area contributed by atoms with Gasteiger partial charge >= 0.3 is 0 Å². The molecule has 3 heterocycles. The van der Waals surface area contributed by atoms with Crippen molar-refractivity contribution in [2.75, 3.05) is 25.4 Å². The van der Waals surface area contributed by atoms with Crippen molar-refractivity contribution in [3.63, 3.8) is 0 Å². The van der Waals surface area contributed by atoms with E-state index in [2.05, 4.69) is 15.0 Å². The number of nitrogens with zero attached hydrogens (tertiary/aromatic N) is 3. The monoisotopic (exact) mass is 367 g/mol. The van der Waals surface area contributed by atoms with Gasteiger partial charge in [0.15, 0.2) is 9.84 Å². The molecule has 24 heavy (non-hydrogen) atoms. The van der Waals surface area contributed by atoms with Gasteiger partial charge in [-0.15, -0.1) is 0 Å². The normalized spacial score (nSPS) is 25.9. The highest BCUT2D eigenvalue weighted by molar-refractivity contribution is 7.92. The molecule has 1 aromatic heterocycles. The van der Waals surface area contributed by atoms with E-state index >= 15 is 0 Å². The van der Waals surface area contributed by atoms with E-state index in [1.165, 1.54) is 0 Å². The third-order valence-corrected chi connectivity index (χ3v) is 7.42. The lowest BCUT2D eigenvalue weighted by atomic mass is 10.1. The molecule has 8 heteroatoms. The zero-order valence-electron chi connectivity index (χ0n) is 13.1. The Balaban J connectivity index is 1.37. The van der Waals surface area contributed by atoms with Crippen molar-refractivity contribution in [2.45, 2.75) is 18.1 Å². The van der Waals surface area contributed by atoms with Crippen LogP contribution in [-0.4, -0.2) is 54.1 Å². The van der Waals surface area contributed by atoms with Crippen LogP contribution in [0.2, 0.25) is 5.02 Å². The van der Waals surface area contributed by atoms with Crippen molar-refractivity contribution in [3.8, 4) is 11.4 Å². The number of hydrogen-bond acceptors (Lipinski definition) is 6. The quantitative estimate of drug-likeness (QED) is 0.823. The summed E-state index contributed by atoms with van der Waals surface area (Å²) < 4.78 is 29.2. The van der Waals surface area contributed by atoms with Crippen LogP contribution >= 0.6 is 11.6 Å². The second-order valence-corrected chi connectivity index (χ2v) is 9.26. The molecule has 0 bridgehead atoms. The van der Waals surface area contributed by atoms with E-state index in [-0.39, 0.29) is 5.25 Å². The first-order chi connectivity index (χ1) is 11.5. The summed E-state index contributed by atoms with van der Waals surface area (Å²) >= 11 is 5.87. The first-order valence-corrected chi connectivity index (χ1v) is 10.1. The van der Waals surface area contributed by atoms with E-state index in [9.17, 15) is 8.42 Å². The summed E-state index contributed by atoms with van der Waals surface area (Å²) in [5.74, 6) is 1.76. The predicted octanol–water partition coefficient (Wildman–Crippen LogP) is 2.05. The number of benzene rings is 1. The molecule has 4 rings (SSSR count). The summed E-state index contributed by atoms with van der Waals surface area (Å²) in [6.07, 6.45) is 1.42. The minimum absolute atomic E-state index is 0.176. The van der Waals surface area contributed by atoms with Crippen LogP contribution in [0.25, 0.3) is 11.4 Å². The fraction of sp³-hybridized carbons (Fsp3) is 0.500. The molecule has 0 saturated carbocycles. The number of likely N-dealkylation sites (tertiary alicyclic amines) is 1. The average molecular weight is 368 g/mol. The lowest BCUT2D eigenvalue weighted by molar-refractivity contribution is 0.301. The zero-order chi connectivity index (χ0) is 16.7. The topological polar surface area (TPSA) is 76.3 Å². The summed E-state index contributed by atoms with van der Waals surface area (Å²) in [7, 11) is -2.88. The van der Waals surface area contributed by atoms with Crippen LogP contribution in [0, 0.1) is 5.92 Å². The van der Waals surface area contributed by atoms with Gasteiger partial charge in [0.2, 0.25) is 11.7 Å². The predicted molar refractivity (Wildman–Crippen MR) is 90.6 cm³/mol. The number of halogens is 1. The number of fused-ring (bicyclic) bond motifs is 1. The first kappa shape index (κ1) is 16.1. The van der Waals surface area contributed by atoms with Gasteiger partial charge in [-0.25, -0.2) is 8.42 Å². The molecule has 2 aliphatic heterocycles. The summed E-state index contributed by atoms with van der Waals surface area (Å²) in [6.45, 7) is 2.22. The summed E-state index contributed by atoms with van der Waals surface area (Å²) in [4.78, 5) is 6.60. The van der Waals surface area contributed by atoms with E-state index < -0.39 is 9.84 Å². The van der Waals surface area contributed by atoms with Gasteiger partial charge in [-0.3, -0.25) is 0 Å². The van der Waals surface area contributed by atoms with Crippen LogP contribution < -0.4 is 0 Å².